The fourth-order valence-electron chi connectivity index (χ4n) is 2.84. The molecule has 1 aliphatic heterocycles. The molecule has 0 aromatic heterocycles. The van der Waals surface area contributed by atoms with E-state index in [2.05, 4.69) is 11.8 Å². The fraction of sp³-hybridized carbons (Fsp3) is 0.500. The van der Waals surface area contributed by atoms with Crippen LogP contribution in [0.15, 0.2) is 18.2 Å². The van der Waals surface area contributed by atoms with Crippen molar-refractivity contribution in [3.05, 3.63) is 23.8 Å². The van der Waals surface area contributed by atoms with Crippen molar-refractivity contribution in [1.82, 2.24) is 0 Å². The summed E-state index contributed by atoms with van der Waals surface area (Å²) in [6.45, 7) is 2.88. The summed E-state index contributed by atoms with van der Waals surface area (Å²) in [6.07, 6.45) is -1.79. The van der Waals surface area contributed by atoms with Crippen LogP contribution in [0.25, 0.3) is 0 Å². The van der Waals surface area contributed by atoms with E-state index in [0.717, 1.165) is 32.9 Å². The van der Waals surface area contributed by atoms with Crippen LogP contribution in [-0.4, -0.2) is 31.7 Å². The molecule has 1 atom stereocenters. The van der Waals surface area contributed by atoms with Gasteiger partial charge < -0.3 is 9.80 Å². The Labute approximate surface area is 133 Å². The minimum atomic E-state index is -4.94. The van der Waals surface area contributed by atoms with Crippen LogP contribution in [0.3, 0.4) is 0 Å². The van der Waals surface area contributed by atoms with E-state index in [-0.39, 0.29) is 17.3 Å². The van der Waals surface area contributed by atoms with Crippen molar-refractivity contribution in [2.24, 2.45) is 0 Å². The maximum Gasteiger partial charge on any atom is 0.471 e. The topological polar surface area (TPSA) is 47.3 Å². The Morgan fingerprint density at radius 1 is 1.39 bits per heavy atom. The van der Waals surface area contributed by atoms with E-state index >= 15 is 0 Å². The molecule has 4 nitrogen and oxygen atoms in total. The van der Waals surface area contributed by atoms with Crippen LogP contribution in [0.5, 0.6) is 0 Å². The van der Waals surface area contributed by atoms with Crippen molar-refractivity contribution in [1.29, 1.82) is 5.26 Å². The molecule has 1 saturated heterocycles. The number of carbonyl (C=O) groups excluding carboxylic acids is 1. The number of hydrogen-bond acceptors (Lipinski definition) is 3. The van der Waals surface area contributed by atoms with Crippen LogP contribution >= 0.6 is 0 Å². The van der Waals surface area contributed by atoms with Gasteiger partial charge >= 0.3 is 12.1 Å². The van der Waals surface area contributed by atoms with Crippen molar-refractivity contribution in [2.45, 2.75) is 38.4 Å². The first kappa shape index (κ1) is 17.1. The van der Waals surface area contributed by atoms with E-state index in [1.807, 2.05) is 6.07 Å². The average Bonchev–Trinajstić information content (AvgIpc) is 2.52. The van der Waals surface area contributed by atoms with Gasteiger partial charge in [-0.1, -0.05) is 0 Å². The molecule has 7 heteroatoms. The lowest BCUT2D eigenvalue weighted by Gasteiger charge is -2.36. The van der Waals surface area contributed by atoms with E-state index in [1.54, 1.807) is 6.07 Å². The van der Waals surface area contributed by atoms with Gasteiger partial charge in [-0.25, -0.2) is 0 Å². The third kappa shape index (κ3) is 3.58. The number of nitrogens with zero attached hydrogens (tertiary/aromatic N) is 3. The van der Waals surface area contributed by atoms with Crippen molar-refractivity contribution >= 4 is 17.3 Å². The summed E-state index contributed by atoms with van der Waals surface area (Å²) in [5.41, 5.74) is 1.03. The molecule has 0 radical (unpaired) electrons. The first-order chi connectivity index (χ1) is 10.8. The second-order valence-electron chi connectivity index (χ2n) is 5.71. The van der Waals surface area contributed by atoms with Gasteiger partial charge in [-0.15, -0.1) is 0 Å². The number of piperidine rings is 1. The summed E-state index contributed by atoms with van der Waals surface area (Å²) >= 11 is 0. The van der Waals surface area contributed by atoms with Crippen molar-refractivity contribution in [3.63, 3.8) is 0 Å². The van der Waals surface area contributed by atoms with Crippen LogP contribution in [-0.2, 0) is 4.79 Å². The molecule has 2 rings (SSSR count). The molecule has 1 fully saturated rings. The Morgan fingerprint density at radius 2 is 2.09 bits per heavy atom. The number of amides is 1. The predicted octanol–water partition coefficient (Wildman–Crippen LogP) is 3.46. The number of alkyl halides is 3. The van der Waals surface area contributed by atoms with Crippen molar-refractivity contribution in [2.75, 3.05) is 23.4 Å². The molecule has 0 aliphatic carbocycles. The third-order valence-corrected chi connectivity index (χ3v) is 4.15. The lowest BCUT2D eigenvalue weighted by Crippen LogP contribution is -2.39. The van der Waals surface area contributed by atoms with Gasteiger partial charge in [-0.3, -0.25) is 4.79 Å². The molecular weight excluding hydrogens is 307 g/mol. The number of hydrogen-bond donors (Lipinski definition) is 0. The van der Waals surface area contributed by atoms with E-state index in [4.69, 9.17) is 0 Å². The quantitative estimate of drug-likeness (QED) is 0.836. The SMILES string of the molecule is C[C@H]1CCCCN1c1ccc(N(C)C(=O)C(F)(F)F)cc1C#N. The second kappa shape index (κ2) is 6.49. The number of carbonyl (C=O) groups is 1. The molecule has 0 unspecified atom stereocenters. The lowest BCUT2D eigenvalue weighted by atomic mass is 10.0. The average molecular weight is 325 g/mol. The number of halogens is 3. The minimum Gasteiger partial charge on any atom is -0.368 e. The highest BCUT2D eigenvalue weighted by Crippen LogP contribution is 2.31. The van der Waals surface area contributed by atoms with Gasteiger partial charge in [0.05, 0.1) is 11.3 Å². The summed E-state index contributed by atoms with van der Waals surface area (Å²) < 4.78 is 37.6. The molecule has 1 heterocycles. The molecule has 1 aliphatic rings. The van der Waals surface area contributed by atoms with Gasteiger partial charge in [-0.05, 0) is 44.4 Å². The molecule has 0 bridgehead atoms. The first-order valence-corrected chi connectivity index (χ1v) is 7.41. The van der Waals surface area contributed by atoms with Gasteiger partial charge in [0.25, 0.3) is 0 Å². The molecule has 0 N–H and O–H groups in total. The standard InChI is InChI=1S/C16H18F3N3O/c1-11-5-3-4-8-22(11)14-7-6-13(9-12(14)10-20)21(2)15(23)16(17,18)19/h6-7,9,11H,3-5,8H2,1-2H3/t11-/m0/s1. The monoisotopic (exact) mass is 325 g/mol. The predicted molar refractivity (Wildman–Crippen MR) is 81.3 cm³/mol. The normalized spacial score (nSPS) is 18.4. The molecule has 0 spiro atoms. The summed E-state index contributed by atoms with van der Waals surface area (Å²) in [6, 6.07) is 6.70. The van der Waals surface area contributed by atoms with E-state index in [1.165, 1.54) is 12.1 Å². The van der Waals surface area contributed by atoms with Gasteiger partial charge in [0.1, 0.15) is 6.07 Å². The van der Waals surface area contributed by atoms with Crippen LogP contribution in [0.4, 0.5) is 24.5 Å². The molecule has 1 aromatic rings. The van der Waals surface area contributed by atoms with Crippen LogP contribution in [0, 0.1) is 11.3 Å². The Bertz CT molecular complexity index is 636. The fourth-order valence-corrected chi connectivity index (χ4v) is 2.84. The maximum absolute atomic E-state index is 12.5. The molecule has 1 amide bonds. The summed E-state index contributed by atoms with van der Waals surface area (Å²) in [5, 5.41) is 9.34. The first-order valence-electron chi connectivity index (χ1n) is 7.41. The molecule has 1 aromatic carbocycles. The zero-order valence-electron chi connectivity index (χ0n) is 13.0. The molecule has 124 valence electrons. The Kier molecular flexibility index (Phi) is 4.83. The highest BCUT2D eigenvalue weighted by atomic mass is 19.4. The van der Waals surface area contributed by atoms with Crippen LogP contribution in [0.2, 0.25) is 0 Å². The van der Waals surface area contributed by atoms with Gasteiger partial charge in [0.15, 0.2) is 0 Å². The summed E-state index contributed by atoms with van der Waals surface area (Å²) in [4.78, 5) is 13.9. The molecule has 0 saturated carbocycles. The number of benzene rings is 1. The van der Waals surface area contributed by atoms with Gasteiger partial charge in [-0.2, -0.15) is 18.4 Å². The number of nitriles is 1. The minimum absolute atomic E-state index is 0.0530. The van der Waals surface area contributed by atoms with Crippen molar-refractivity contribution < 1.29 is 18.0 Å². The largest absolute Gasteiger partial charge is 0.471 e. The molecule has 23 heavy (non-hydrogen) atoms. The van der Waals surface area contributed by atoms with Gasteiger partial charge in [0, 0.05) is 25.3 Å². The Balaban J connectivity index is 2.33. The van der Waals surface area contributed by atoms with E-state index < -0.39 is 12.1 Å². The summed E-state index contributed by atoms with van der Waals surface area (Å²) in [7, 11) is 1.05. The smallest absolute Gasteiger partial charge is 0.368 e. The van der Waals surface area contributed by atoms with Crippen LogP contribution < -0.4 is 9.80 Å². The van der Waals surface area contributed by atoms with Gasteiger partial charge in [0.2, 0.25) is 0 Å². The lowest BCUT2D eigenvalue weighted by molar-refractivity contribution is -0.170. The number of rotatable bonds is 2. The second-order valence-corrected chi connectivity index (χ2v) is 5.71. The maximum atomic E-state index is 12.5. The number of anilines is 2. The zero-order valence-corrected chi connectivity index (χ0v) is 13.0. The molecular formula is C16H18F3N3O. The van der Waals surface area contributed by atoms with Crippen molar-refractivity contribution in [3.8, 4) is 6.07 Å². The highest BCUT2D eigenvalue weighted by molar-refractivity contribution is 5.97. The van der Waals surface area contributed by atoms with E-state index in [0.29, 0.717) is 10.6 Å². The van der Waals surface area contributed by atoms with E-state index in [9.17, 15) is 23.2 Å². The van der Waals surface area contributed by atoms with Crippen LogP contribution in [0.1, 0.15) is 31.7 Å². The highest BCUT2D eigenvalue weighted by Gasteiger charge is 2.41. The summed E-state index contributed by atoms with van der Waals surface area (Å²) in [5.74, 6) is -1.96. The Hall–Kier alpha value is -2.23. The third-order valence-electron chi connectivity index (χ3n) is 4.15. The zero-order chi connectivity index (χ0) is 17.2. The Morgan fingerprint density at radius 3 is 2.65 bits per heavy atom.